The van der Waals surface area contributed by atoms with Crippen molar-refractivity contribution in [3.05, 3.63) is 51.7 Å². The van der Waals surface area contributed by atoms with Crippen molar-refractivity contribution < 1.29 is 4.79 Å². The minimum atomic E-state index is -0.202. The van der Waals surface area contributed by atoms with E-state index in [9.17, 15) is 9.59 Å². The molecule has 0 spiro atoms. The van der Waals surface area contributed by atoms with E-state index in [0.717, 1.165) is 63.2 Å². The van der Waals surface area contributed by atoms with E-state index >= 15 is 0 Å². The Kier molecular flexibility index (Phi) is 6.23. The summed E-state index contributed by atoms with van der Waals surface area (Å²) in [7, 11) is 3.76. The van der Waals surface area contributed by atoms with Gasteiger partial charge in [0.1, 0.15) is 5.69 Å². The predicted molar refractivity (Wildman–Crippen MR) is 141 cm³/mol. The summed E-state index contributed by atoms with van der Waals surface area (Å²) in [5.74, 6) is 1.36. The van der Waals surface area contributed by atoms with Crippen LogP contribution in [-0.2, 0) is 33.1 Å². The Morgan fingerprint density at radius 3 is 2.76 bits per heavy atom. The second kappa shape index (κ2) is 9.70. The number of carbonyl (C=O) groups excluding carboxylic acids is 1. The van der Waals surface area contributed by atoms with E-state index in [0.29, 0.717) is 23.9 Å². The molecule has 0 aliphatic carbocycles. The highest BCUT2D eigenvalue weighted by molar-refractivity contribution is 5.94. The third kappa shape index (κ3) is 4.87. The molecule has 37 heavy (non-hydrogen) atoms. The zero-order chi connectivity index (χ0) is 25.5. The number of likely N-dealkylation sites (N-methyl/N-ethyl adjacent to an activating group) is 1. The van der Waals surface area contributed by atoms with Gasteiger partial charge in [-0.2, -0.15) is 10.2 Å². The molecule has 0 saturated carbocycles. The molecule has 11 heteroatoms. The maximum Gasteiger partial charge on any atom is 0.290 e. The monoisotopic (exact) mass is 505 g/mol. The Morgan fingerprint density at radius 2 is 1.89 bits per heavy atom. The second-order valence-corrected chi connectivity index (χ2v) is 10.6. The maximum atomic E-state index is 13.0. The van der Waals surface area contributed by atoms with Crippen molar-refractivity contribution in [1.29, 1.82) is 0 Å². The molecule has 0 radical (unpaired) electrons. The molecule has 3 aliphatic rings. The highest BCUT2D eigenvalue weighted by Crippen LogP contribution is 2.23. The molecule has 1 amide bonds. The third-order valence-electron chi connectivity index (χ3n) is 7.71. The van der Waals surface area contributed by atoms with Crippen LogP contribution in [0.15, 0.2) is 29.2 Å². The molecule has 3 aliphatic heterocycles. The lowest BCUT2D eigenvalue weighted by Crippen LogP contribution is -2.48. The zero-order valence-corrected chi connectivity index (χ0v) is 21.6. The van der Waals surface area contributed by atoms with Crippen LogP contribution in [0.1, 0.15) is 47.4 Å². The van der Waals surface area contributed by atoms with Gasteiger partial charge < -0.3 is 20.1 Å². The number of rotatable bonds is 5. The van der Waals surface area contributed by atoms with Gasteiger partial charge in [0.05, 0.1) is 17.8 Å². The fourth-order valence-electron chi connectivity index (χ4n) is 5.69. The van der Waals surface area contributed by atoms with Gasteiger partial charge in [0.15, 0.2) is 11.6 Å². The molecular weight excluding hydrogens is 470 g/mol. The number of carbonyl (C=O) groups is 1. The molecule has 6 heterocycles. The van der Waals surface area contributed by atoms with E-state index in [1.807, 2.05) is 23.0 Å². The number of nitrogens with one attached hydrogen (secondary N) is 2. The van der Waals surface area contributed by atoms with Gasteiger partial charge in [-0.15, -0.1) is 0 Å². The molecule has 1 unspecified atom stereocenters. The molecule has 1 atom stereocenters. The Morgan fingerprint density at radius 1 is 1.00 bits per heavy atom. The summed E-state index contributed by atoms with van der Waals surface area (Å²) in [5.41, 5.74) is 3.37. The largest absolute Gasteiger partial charge is 0.353 e. The number of nitrogens with zero attached hydrogens (tertiary/aromatic N) is 7. The highest BCUT2D eigenvalue weighted by Gasteiger charge is 2.25. The standard InChI is InChI=1S/C26H35N9O2/c1-31-10-11-35-21(17-31)13-23(29-35)28-22-14-24(30-32(2)26(22)37)34-9-5-6-19(16-34)27-25(36)18-12-20-7-3-4-8-33(20)15-18/h12-15,19H,3-11,16-17H2,1-2H3,(H,27,36)(H,28,29). The van der Waals surface area contributed by atoms with E-state index in [4.69, 9.17) is 0 Å². The van der Waals surface area contributed by atoms with Gasteiger partial charge in [-0.1, -0.05) is 0 Å². The molecule has 196 valence electrons. The lowest BCUT2D eigenvalue weighted by Gasteiger charge is -2.34. The van der Waals surface area contributed by atoms with E-state index < -0.39 is 0 Å². The van der Waals surface area contributed by atoms with Crippen molar-refractivity contribution in [2.45, 2.75) is 57.8 Å². The number of fused-ring (bicyclic) bond motifs is 2. The maximum absolute atomic E-state index is 13.0. The van der Waals surface area contributed by atoms with Crippen molar-refractivity contribution in [1.82, 2.24) is 34.3 Å². The van der Waals surface area contributed by atoms with Gasteiger partial charge in [0.2, 0.25) is 0 Å². The molecular formula is C26H35N9O2. The summed E-state index contributed by atoms with van der Waals surface area (Å²) < 4.78 is 5.58. The lowest BCUT2D eigenvalue weighted by atomic mass is 10.1. The minimum Gasteiger partial charge on any atom is -0.353 e. The van der Waals surface area contributed by atoms with Crippen LogP contribution in [0, 0.1) is 0 Å². The first-order valence-corrected chi connectivity index (χ1v) is 13.3. The number of hydrogen-bond acceptors (Lipinski definition) is 7. The predicted octanol–water partition coefficient (Wildman–Crippen LogP) is 1.70. The van der Waals surface area contributed by atoms with Crippen molar-refractivity contribution in [3.8, 4) is 0 Å². The van der Waals surface area contributed by atoms with Gasteiger partial charge in [0, 0.05) is 69.8 Å². The first kappa shape index (κ1) is 23.8. The Labute approximate surface area is 216 Å². The number of anilines is 3. The molecule has 3 aromatic rings. The number of aryl methyl sites for hydroxylation is 3. The van der Waals surface area contributed by atoms with E-state index in [1.165, 1.54) is 23.2 Å². The van der Waals surface area contributed by atoms with Crippen molar-refractivity contribution in [3.63, 3.8) is 0 Å². The Hall–Kier alpha value is -3.60. The summed E-state index contributed by atoms with van der Waals surface area (Å²) in [5, 5.41) is 15.6. The van der Waals surface area contributed by atoms with Crippen molar-refractivity contribution in [2.75, 3.05) is 36.9 Å². The summed E-state index contributed by atoms with van der Waals surface area (Å²) in [4.78, 5) is 30.3. The third-order valence-corrected chi connectivity index (χ3v) is 7.71. The highest BCUT2D eigenvalue weighted by atomic mass is 16.2. The molecule has 2 N–H and O–H groups in total. The number of aromatic nitrogens is 5. The molecule has 0 aromatic carbocycles. The second-order valence-electron chi connectivity index (χ2n) is 10.6. The molecule has 0 bridgehead atoms. The van der Waals surface area contributed by atoms with Gasteiger partial charge in [-0.3, -0.25) is 19.2 Å². The quantitative estimate of drug-likeness (QED) is 0.544. The van der Waals surface area contributed by atoms with Crippen LogP contribution in [0.4, 0.5) is 17.3 Å². The number of hydrogen-bond donors (Lipinski definition) is 2. The van der Waals surface area contributed by atoms with Crippen LogP contribution in [-0.4, -0.2) is 67.7 Å². The van der Waals surface area contributed by atoms with Crippen molar-refractivity contribution >= 4 is 23.2 Å². The van der Waals surface area contributed by atoms with Crippen LogP contribution in [0.3, 0.4) is 0 Å². The number of piperidine rings is 1. The minimum absolute atomic E-state index is 0.0149. The lowest BCUT2D eigenvalue weighted by molar-refractivity contribution is 0.0933. The van der Waals surface area contributed by atoms with E-state index in [-0.39, 0.29) is 17.5 Å². The van der Waals surface area contributed by atoms with Crippen molar-refractivity contribution in [2.24, 2.45) is 7.05 Å². The van der Waals surface area contributed by atoms with Gasteiger partial charge in [-0.25, -0.2) is 4.68 Å². The van der Waals surface area contributed by atoms with E-state index in [1.54, 1.807) is 13.1 Å². The number of amides is 1. The smallest absolute Gasteiger partial charge is 0.290 e. The fourth-order valence-corrected chi connectivity index (χ4v) is 5.69. The zero-order valence-electron chi connectivity index (χ0n) is 21.6. The molecule has 1 saturated heterocycles. The SMILES string of the molecule is CN1CCn2nc(Nc3cc(N4CCCC(NC(=O)c5cc6n(c5)CCCC6)C4)nn(C)c3=O)cc2C1. The molecule has 3 aromatic heterocycles. The summed E-state index contributed by atoms with van der Waals surface area (Å²) in [6.45, 7) is 5.08. The van der Waals surface area contributed by atoms with Crippen LogP contribution < -0.4 is 21.1 Å². The molecule has 1 fully saturated rings. The van der Waals surface area contributed by atoms with Crippen LogP contribution in [0.5, 0.6) is 0 Å². The van der Waals surface area contributed by atoms with Gasteiger partial charge >= 0.3 is 0 Å². The molecule has 11 nitrogen and oxygen atoms in total. The van der Waals surface area contributed by atoms with Crippen LogP contribution >= 0.6 is 0 Å². The van der Waals surface area contributed by atoms with E-state index in [2.05, 4.69) is 42.2 Å². The van der Waals surface area contributed by atoms with Crippen LogP contribution in [0.2, 0.25) is 0 Å². The van der Waals surface area contributed by atoms with Gasteiger partial charge in [0.25, 0.3) is 11.5 Å². The fraction of sp³-hybridized carbons (Fsp3) is 0.538. The van der Waals surface area contributed by atoms with Gasteiger partial charge in [-0.05, 0) is 45.2 Å². The average Bonchev–Trinajstić information content (AvgIpc) is 3.50. The normalized spacial score (nSPS) is 19.8. The summed E-state index contributed by atoms with van der Waals surface area (Å²) in [6, 6.07) is 5.86. The summed E-state index contributed by atoms with van der Waals surface area (Å²) in [6.07, 6.45) is 7.24. The molecule has 6 rings (SSSR count). The van der Waals surface area contributed by atoms with Crippen LogP contribution in [0.25, 0.3) is 0 Å². The first-order chi connectivity index (χ1) is 17.9. The Bertz CT molecular complexity index is 1350. The Balaban J connectivity index is 1.16. The average molecular weight is 506 g/mol. The first-order valence-electron chi connectivity index (χ1n) is 13.3. The summed E-state index contributed by atoms with van der Waals surface area (Å²) >= 11 is 0. The topological polar surface area (TPSA) is 105 Å².